The second kappa shape index (κ2) is 4.59. The van der Waals surface area contributed by atoms with E-state index in [1.54, 1.807) is 18.3 Å². The van der Waals surface area contributed by atoms with Gasteiger partial charge in [-0.25, -0.2) is 4.98 Å². The van der Waals surface area contributed by atoms with Gasteiger partial charge < -0.3 is 15.5 Å². The van der Waals surface area contributed by atoms with Crippen LogP contribution in [0.5, 0.6) is 0 Å². The van der Waals surface area contributed by atoms with Crippen molar-refractivity contribution in [2.45, 2.75) is 6.54 Å². The standard InChI is InChI=1S/C11H11N3O2/c12-5-8-1-2-10(13-6-8)14-11(15)9-3-4-16-7-9/h1-4,6-7H,5,12H2,(H,13,14,15). The number of pyridine rings is 1. The average Bonchev–Trinajstić information content (AvgIpc) is 2.83. The minimum atomic E-state index is -0.248. The zero-order chi connectivity index (χ0) is 11.4. The predicted molar refractivity (Wildman–Crippen MR) is 58.8 cm³/mol. The largest absolute Gasteiger partial charge is 0.472 e. The molecule has 2 aromatic heterocycles. The zero-order valence-corrected chi connectivity index (χ0v) is 8.51. The average molecular weight is 217 g/mol. The molecule has 0 aliphatic heterocycles. The molecular formula is C11H11N3O2. The van der Waals surface area contributed by atoms with Gasteiger partial charge in [-0.2, -0.15) is 0 Å². The number of nitrogens with one attached hydrogen (secondary N) is 1. The molecular weight excluding hydrogens is 206 g/mol. The van der Waals surface area contributed by atoms with E-state index in [0.29, 0.717) is 17.9 Å². The lowest BCUT2D eigenvalue weighted by atomic mass is 10.3. The van der Waals surface area contributed by atoms with Gasteiger partial charge >= 0.3 is 0 Å². The summed E-state index contributed by atoms with van der Waals surface area (Å²) >= 11 is 0. The summed E-state index contributed by atoms with van der Waals surface area (Å²) < 4.78 is 4.81. The Kier molecular flexibility index (Phi) is 2.98. The molecule has 0 saturated carbocycles. The van der Waals surface area contributed by atoms with Crippen molar-refractivity contribution in [3.8, 4) is 0 Å². The third-order valence-electron chi connectivity index (χ3n) is 2.09. The van der Waals surface area contributed by atoms with Crippen molar-refractivity contribution in [1.82, 2.24) is 4.98 Å². The van der Waals surface area contributed by atoms with Crippen LogP contribution in [0.25, 0.3) is 0 Å². The Hall–Kier alpha value is -2.14. The first-order chi connectivity index (χ1) is 7.79. The molecule has 2 aromatic rings. The number of amides is 1. The molecule has 0 aliphatic carbocycles. The number of hydrogen-bond donors (Lipinski definition) is 2. The van der Waals surface area contributed by atoms with E-state index in [9.17, 15) is 4.79 Å². The molecule has 0 atom stereocenters. The minimum absolute atomic E-state index is 0.248. The highest BCUT2D eigenvalue weighted by atomic mass is 16.3. The number of carbonyl (C=O) groups is 1. The van der Waals surface area contributed by atoms with E-state index in [4.69, 9.17) is 10.2 Å². The van der Waals surface area contributed by atoms with E-state index in [1.165, 1.54) is 12.5 Å². The maximum atomic E-state index is 11.6. The Bertz CT molecular complexity index is 462. The van der Waals surface area contributed by atoms with Gasteiger partial charge in [0.2, 0.25) is 0 Å². The van der Waals surface area contributed by atoms with Gasteiger partial charge in [0, 0.05) is 12.7 Å². The molecule has 0 spiro atoms. The summed E-state index contributed by atoms with van der Waals surface area (Å²) in [5, 5.41) is 2.64. The van der Waals surface area contributed by atoms with Gasteiger partial charge in [0.1, 0.15) is 12.1 Å². The molecule has 0 radical (unpaired) electrons. The van der Waals surface area contributed by atoms with E-state index in [2.05, 4.69) is 10.3 Å². The molecule has 1 amide bonds. The Balaban J connectivity index is 2.06. The summed E-state index contributed by atoms with van der Waals surface area (Å²) in [6.07, 6.45) is 4.45. The normalized spacial score (nSPS) is 10.1. The summed E-state index contributed by atoms with van der Waals surface area (Å²) in [5.41, 5.74) is 6.82. The maximum Gasteiger partial charge on any atom is 0.260 e. The van der Waals surface area contributed by atoms with Crippen LogP contribution >= 0.6 is 0 Å². The van der Waals surface area contributed by atoms with E-state index >= 15 is 0 Å². The lowest BCUT2D eigenvalue weighted by Crippen LogP contribution is -2.12. The van der Waals surface area contributed by atoms with Gasteiger partial charge in [-0.15, -0.1) is 0 Å². The summed E-state index contributed by atoms with van der Waals surface area (Å²) in [4.78, 5) is 15.7. The topological polar surface area (TPSA) is 81.1 Å². The van der Waals surface area contributed by atoms with Gasteiger partial charge in [-0.05, 0) is 17.7 Å². The number of furan rings is 1. The molecule has 0 aromatic carbocycles. The lowest BCUT2D eigenvalue weighted by Gasteiger charge is -2.02. The number of hydrogen-bond acceptors (Lipinski definition) is 4. The fraction of sp³-hybridized carbons (Fsp3) is 0.0909. The Morgan fingerprint density at radius 2 is 2.31 bits per heavy atom. The van der Waals surface area contributed by atoms with Crippen LogP contribution in [0.15, 0.2) is 41.3 Å². The predicted octanol–water partition coefficient (Wildman–Crippen LogP) is 1.39. The molecule has 0 saturated heterocycles. The van der Waals surface area contributed by atoms with Crippen molar-refractivity contribution in [2.24, 2.45) is 5.73 Å². The van der Waals surface area contributed by atoms with Crippen molar-refractivity contribution in [3.05, 3.63) is 48.0 Å². The molecule has 0 aliphatic rings. The summed E-state index contributed by atoms with van der Waals surface area (Å²) in [5.74, 6) is 0.241. The molecule has 0 unspecified atom stereocenters. The number of rotatable bonds is 3. The second-order valence-corrected chi connectivity index (χ2v) is 3.22. The Morgan fingerprint density at radius 3 is 2.88 bits per heavy atom. The van der Waals surface area contributed by atoms with Crippen LogP contribution in [0, 0.1) is 0 Å². The van der Waals surface area contributed by atoms with Gasteiger partial charge in [0.05, 0.1) is 11.8 Å². The van der Waals surface area contributed by atoms with Gasteiger partial charge in [0.15, 0.2) is 0 Å². The van der Waals surface area contributed by atoms with E-state index in [0.717, 1.165) is 5.56 Å². The zero-order valence-electron chi connectivity index (χ0n) is 8.51. The highest BCUT2D eigenvalue weighted by Crippen LogP contribution is 2.07. The van der Waals surface area contributed by atoms with E-state index < -0.39 is 0 Å². The fourth-order valence-corrected chi connectivity index (χ4v) is 1.20. The second-order valence-electron chi connectivity index (χ2n) is 3.22. The summed E-state index contributed by atoms with van der Waals surface area (Å²) in [6.45, 7) is 0.433. The summed E-state index contributed by atoms with van der Waals surface area (Å²) in [6, 6.07) is 5.11. The molecule has 0 bridgehead atoms. The van der Waals surface area contributed by atoms with E-state index in [1.807, 2.05) is 6.07 Å². The molecule has 16 heavy (non-hydrogen) atoms. The monoisotopic (exact) mass is 217 g/mol. The van der Waals surface area contributed by atoms with Crippen LogP contribution in [0.2, 0.25) is 0 Å². The molecule has 82 valence electrons. The fourth-order valence-electron chi connectivity index (χ4n) is 1.20. The highest BCUT2D eigenvalue weighted by molar-refractivity contribution is 6.03. The first kappa shape index (κ1) is 10.4. The molecule has 2 rings (SSSR count). The quantitative estimate of drug-likeness (QED) is 0.813. The van der Waals surface area contributed by atoms with Crippen molar-refractivity contribution >= 4 is 11.7 Å². The first-order valence-electron chi connectivity index (χ1n) is 4.78. The van der Waals surface area contributed by atoms with Crippen molar-refractivity contribution in [2.75, 3.05) is 5.32 Å². The first-order valence-corrected chi connectivity index (χ1v) is 4.78. The molecule has 2 heterocycles. The molecule has 3 N–H and O–H groups in total. The van der Waals surface area contributed by atoms with Crippen LogP contribution in [-0.2, 0) is 6.54 Å². The van der Waals surface area contributed by atoms with Gasteiger partial charge in [0.25, 0.3) is 5.91 Å². The van der Waals surface area contributed by atoms with Crippen LogP contribution in [0.3, 0.4) is 0 Å². The molecule has 5 nitrogen and oxygen atoms in total. The highest BCUT2D eigenvalue weighted by Gasteiger charge is 2.07. The third-order valence-corrected chi connectivity index (χ3v) is 2.09. The third kappa shape index (κ3) is 2.26. The maximum absolute atomic E-state index is 11.6. The smallest absolute Gasteiger partial charge is 0.260 e. The van der Waals surface area contributed by atoms with Crippen molar-refractivity contribution in [1.29, 1.82) is 0 Å². The van der Waals surface area contributed by atoms with Crippen molar-refractivity contribution in [3.63, 3.8) is 0 Å². The molecule has 0 fully saturated rings. The Morgan fingerprint density at radius 1 is 1.44 bits per heavy atom. The number of anilines is 1. The van der Waals surface area contributed by atoms with Crippen LogP contribution in [-0.4, -0.2) is 10.9 Å². The number of nitrogens with two attached hydrogens (primary N) is 1. The minimum Gasteiger partial charge on any atom is -0.472 e. The number of nitrogens with zero attached hydrogens (tertiary/aromatic N) is 1. The number of aromatic nitrogens is 1. The van der Waals surface area contributed by atoms with E-state index in [-0.39, 0.29) is 5.91 Å². The number of carbonyl (C=O) groups excluding carboxylic acids is 1. The Labute approximate surface area is 92.3 Å². The van der Waals surface area contributed by atoms with Crippen LogP contribution in [0.4, 0.5) is 5.82 Å². The van der Waals surface area contributed by atoms with Crippen molar-refractivity contribution < 1.29 is 9.21 Å². The summed E-state index contributed by atoms with van der Waals surface area (Å²) in [7, 11) is 0. The lowest BCUT2D eigenvalue weighted by molar-refractivity contribution is 0.102. The molecule has 5 heteroatoms. The van der Waals surface area contributed by atoms with Crippen LogP contribution in [0.1, 0.15) is 15.9 Å². The van der Waals surface area contributed by atoms with Gasteiger partial charge in [-0.3, -0.25) is 4.79 Å². The van der Waals surface area contributed by atoms with Gasteiger partial charge in [-0.1, -0.05) is 6.07 Å². The SMILES string of the molecule is NCc1ccc(NC(=O)c2ccoc2)nc1. The van der Waals surface area contributed by atoms with Crippen LogP contribution < -0.4 is 11.1 Å².